The largest absolute Gasteiger partial charge is 0.381 e. The maximum absolute atomic E-state index is 5.73. The van der Waals surface area contributed by atoms with Gasteiger partial charge in [0.15, 0.2) is 5.82 Å². The first kappa shape index (κ1) is 24.1. The number of nitrogens with zero attached hydrogens (tertiary/aromatic N) is 7. The molecule has 0 unspecified atom stereocenters. The molecule has 1 N–H and O–H groups in total. The van der Waals surface area contributed by atoms with Gasteiger partial charge in [-0.25, -0.2) is 9.97 Å². The number of aromatic nitrogens is 7. The third-order valence-corrected chi connectivity index (χ3v) is 6.93. The van der Waals surface area contributed by atoms with Gasteiger partial charge in [0.05, 0.1) is 41.3 Å². The number of hydrogen-bond donors (Lipinski definition) is 1. The Kier molecular flexibility index (Phi) is 7.04. The van der Waals surface area contributed by atoms with Crippen LogP contribution < -0.4 is 5.32 Å². The van der Waals surface area contributed by atoms with Crippen LogP contribution in [-0.2, 0) is 10.2 Å². The summed E-state index contributed by atoms with van der Waals surface area (Å²) in [5, 5.41) is 11.9. The predicted octanol–water partition coefficient (Wildman–Crippen LogP) is 4.67. The Balaban J connectivity index is 1.40. The zero-order valence-corrected chi connectivity index (χ0v) is 21.0. The van der Waals surface area contributed by atoms with Gasteiger partial charge in [0.2, 0.25) is 0 Å². The second-order valence-corrected chi connectivity index (χ2v) is 9.38. The number of anilines is 1. The average molecular weight is 489 g/mol. The van der Waals surface area contributed by atoms with Gasteiger partial charge in [-0.05, 0) is 37.8 Å². The SMILES string of the molecule is CCCC[C@](C)(c1ccc(-c2cnc(NC)cn2)nc1)c1noc(-c2cnn(C3CCOCC3)c2)n1. The summed E-state index contributed by atoms with van der Waals surface area (Å²) in [6, 6.07) is 4.39. The van der Waals surface area contributed by atoms with E-state index in [9.17, 15) is 0 Å². The smallest absolute Gasteiger partial charge is 0.261 e. The maximum Gasteiger partial charge on any atom is 0.261 e. The standard InChI is InChI=1S/C26H32N8O2/c1-4-5-10-26(2,19-6-7-21(28-14-19)22-15-30-23(27-3)16-29-22)25-32-24(36-33-25)18-13-31-34(17-18)20-8-11-35-12-9-20/h6-7,13-17,20H,4-5,8-12H2,1-3H3,(H,27,30)/t26-/m1/s1. The van der Waals surface area contributed by atoms with Crippen LogP contribution in [0.15, 0.2) is 47.6 Å². The zero-order valence-electron chi connectivity index (χ0n) is 21.0. The van der Waals surface area contributed by atoms with Crippen molar-refractivity contribution in [3.05, 3.63) is 54.5 Å². The number of ether oxygens (including phenoxy) is 1. The molecule has 1 aliphatic heterocycles. The number of unbranched alkanes of at least 4 members (excludes halogenated alkanes) is 1. The van der Waals surface area contributed by atoms with Crippen LogP contribution in [0.1, 0.15) is 63.4 Å². The number of pyridine rings is 1. The van der Waals surface area contributed by atoms with Crippen LogP contribution in [0.5, 0.6) is 0 Å². The van der Waals surface area contributed by atoms with Gasteiger partial charge in [-0.2, -0.15) is 10.1 Å². The molecule has 10 nitrogen and oxygen atoms in total. The molecule has 5 rings (SSSR count). The molecule has 0 aromatic carbocycles. The van der Waals surface area contributed by atoms with Gasteiger partial charge in [-0.1, -0.05) is 31.0 Å². The van der Waals surface area contributed by atoms with Crippen molar-refractivity contribution in [1.29, 1.82) is 0 Å². The molecule has 4 aromatic heterocycles. The molecule has 10 heteroatoms. The Morgan fingerprint density at radius 1 is 1.06 bits per heavy atom. The molecule has 36 heavy (non-hydrogen) atoms. The van der Waals surface area contributed by atoms with E-state index >= 15 is 0 Å². The van der Waals surface area contributed by atoms with E-state index in [1.807, 2.05) is 30.2 Å². The van der Waals surface area contributed by atoms with E-state index in [-0.39, 0.29) is 0 Å². The molecule has 0 aliphatic carbocycles. The first-order chi connectivity index (χ1) is 17.6. The third-order valence-electron chi connectivity index (χ3n) is 6.93. The molecule has 1 saturated heterocycles. The average Bonchev–Trinajstić information content (AvgIpc) is 3.63. The summed E-state index contributed by atoms with van der Waals surface area (Å²) in [4.78, 5) is 18.3. The second kappa shape index (κ2) is 10.5. The summed E-state index contributed by atoms with van der Waals surface area (Å²) in [5.74, 6) is 1.85. The first-order valence-electron chi connectivity index (χ1n) is 12.5. The van der Waals surface area contributed by atoms with Crippen LogP contribution in [-0.4, -0.2) is 55.1 Å². The van der Waals surface area contributed by atoms with E-state index in [0.29, 0.717) is 23.6 Å². The molecule has 4 aromatic rings. The third kappa shape index (κ3) is 4.86. The van der Waals surface area contributed by atoms with Crippen LogP contribution in [0.4, 0.5) is 5.82 Å². The molecule has 1 aliphatic rings. The minimum atomic E-state index is -0.443. The van der Waals surface area contributed by atoms with Crippen molar-refractivity contribution in [2.24, 2.45) is 0 Å². The Bertz CT molecular complexity index is 1260. The van der Waals surface area contributed by atoms with Gasteiger partial charge in [0.25, 0.3) is 5.89 Å². The van der Waals surface area contributed by atoms with E-state index in [1.165, 1.54) is 0 Å². The number of nitrogens with one attached hydrogen (secondary N) is 1. The Morgan fingerprint density at radius 2 is 1.89 bits per heavy atom. The highest BCUT2D eigenvalue weighted by molar-refractivity contribution is 5.55. The Hall–Kier alpha value is -3.66. The zero-order chi connectivity index (χ0) is 25.0. The van der Waals surface area contributed by atoms with Gasteiger partial charge in [-0.3, -0.25) is 9.67 Å². The molecular formula is C26H32N8O2. The van der Waals surface area contributed by atoms with E-state index in [1.54, 1.807) is 18.6 Å². The summed E-state index contributed by atoms with van der Waals surface area (Å²) in [5.41, 5.74) is 2.90. The van der Waals surface area contributed by atoms with Gasteiger partial charge in [0.1, 0.15) is 11.5 Å². The quantitative estimate of drug-likeness (QED) is 0.358. The van der Waals surface area contributed by atoms with Crippen molar-refractivity contribution in [2.75, 3.05) is 25.6 Å². The molecule has 0 amide bonds. The normalized spacial score (nSPS) is 16.1. The summed E-state index contributed by atoms with van der Waals surface area (Å²) in [7, 11) is 1.81. The van der Waals surface area contributed by atoms with Crippen molar-refractivity contribution in [3.63, 3.8) is 0 Å². The Morgan fingerprint density at radius 3 is 2.58 bits per heavy atom. The van der Waals surface area contributed by atoms with Crippen LogP contribution >= 0.6 is 0 Å². The summed E-state index contributed by atoms with van der Waals surface area (Å²) < 4.78 is 13.2. The summed E-state index contributed by atoms with van der Waals surface area (Å²) in [6.45, 7) is 5.87. The highest BCUT2D eigenvalue weighted by Gasteiger charge is 2.34. The fourth-order valence-corrected chi connectivity index (χ4v) is 4.54. The first-order valence-corrected chi connectivity index (χ1v) is 12.5. The van der Waals surface area contributed by atoms with Gasteiger partial charge in [-0.15, -0.1) is 0 Å². The molecule has 1 atom stereocenters. The van der Waals surface area contributed by atoms with E-state index in [4.69, 9.17) is 19.2 Å². The van der Waals surface area contributed by atoms with Crippen LogP contribution in [0.25, 0.3) is 22.8 Å². The fourth-order valence-electron chi connectivity index (χ4n) is 4.54. The number of hydrogen-bond acceptors (Lipinski definition) is 9. The summed E-state index contributed by atoms with van der Waals surface area (Å²) >= 11 is 0. The lowest BCUT2D eigenvalue weighted by atomic mass is 9.78. The van der Waals surface area contributed by atoms with Crippen LogP contribution in [0, 0.1) is 0 Å². The van der Waals surface area contributed by atoms with Crippen molar-refractivity contribution in [2.45, 2.75) is 57.4 Å². The predicted molar refractivity (Wildman–Crippen MR) is 135 cm³/mol. The topological polar surface area (TPSA) is 117 Å². The molecule has 188 valence electrons. The molecule has 0 spiro atoms. The Labute approximate surface area is 210 Å². The monoisotopic (exact) mass is 488 g/mol. The van der Waals surface area contributed by atoms with Crippen molar-refractivity contribution in [1.82, 2.24) is 34.9 Å². The molecular weight excluding hydrogens is 456 g/mol. The lowest BCUT2D eigenvalue weighted by molar-refractivity contribution is 0.0662. The van der Waals surface area contributed by atoms with E-state index < -0.39 is 5.41 Å². The van der Waals surface area contributed by atoms with Crippen LogP contribution in [0.3, 0.4) is 0 Å². The van der Waals surface area contributed by atoms with Crippen LogP contribution in [0.2, 0.25) is 0 Å². The molecule has 0 saturated carbocycles. The minimum Gasteiger partial charge on any atom is -0.381 e. The number of rotatable bonds is 9. The lowest BCUT2D eigenvalue weighted by Gasteiger charge is -2.26. The molecule has 1 fully saturated rings. The maximum atomic E-state index is 5.73. The molecule has 0 radical (unpaired) electrons. The van der Waals surface area contributed by atoms with E-state index in [0.717, 1.165) is 67.8 Å². The van der Waals surface area contributed by atoms with Gasteiger partial charge < -0.3 is 14.6 Å². The van der Waals surface area contributed by atoms with Crippen molar-refractivity contribution >= 4 is 5.82 Å². The highest BCUT2D eigenvalue weighted by Crippen LogP contribution is 2.36. The lowest BCUT2D eigenvalue weighted by Crippen LogP contribution is -2.25. The van der Waals surface area contributed by atoms with Gasteiger partial charge >= 0.3 is 0 Å². The molecule has 5 heterocycles. The minimum absolute atomic E-state index is 0.341. The highest BCUT2D eigenvalue weighted by atomic mass is 16.5. The second-order valence-electron chi connectivity index (χ2n) is 9.38. The fraction of sp³-hybridized carbons (Fsp3) is 0.462. The van der Waals surface area contributed by atoms with Crippen molar-refractivity contribution < 1.29 is 9.26 Å². The molecule has 0 bridgehead atoms. The van der Waals surface area contributed by atoms with E-state index in [2.05, 4.69) is 45.5 Å². The summed E-state index contributed by atoms with van der Waals surface area (Å²) in [6.07, 6.45) is 14.0. The van der Waals surface area contributed by atoms with Gasteiger partial charge in [0, 0.05) is 32.7 Å². The van der Waals surface area contributed by atoms with Crippen molar-refractivity contribution in [3.8, 4) is 22.8 Å².